The molecule has 0 amide bonds. The molecule has 0 saturated heterocycles. The molecule has 0 bridgehead atoms. The van der Waals surface area contributed by atoms with Crippen LogP contribution in [0.15, 0.2) is 35.3 Å². The van der Waals surface area contributed by atoms with Gasteiger partial charge in [0.05, 0.1) is 0 Å². The van der Waals surface area contributed by atoms with Crippen molar-refractivity contribution in [3.63, 3.8) is 0 Å². The van der Waals surface area contributed by atoms with Crippen LogP contribution in [0, 0.1) is 6.92 Å². The van der Waals surface area contributed by atoms with Crippen LogP contribution in [0.5, 0.6) is 0 Å². The second-order valence-corrected chi connectivity index (χ2v) is 5.45. The third-order valence-electron chi connectivity index (χ3n) is 2.59. The molecule has 0 saturated carbocycles. The predicted molar refractivity (Wildman–Crippen MR) is 75.0 cm³/mol. The lowest BCUT2D eigenvalue weighted by atomic mass is 10.0. The van der Waals surface area contributed by atoms with Crippen LogP contribution >= 0.6 is 15.9 Å². The van der Waals surface area contributed by atoms with E-state index in [1.165, 1.54) is 11.1 Å². The molecule has 1 rings (SSSR count). The SMILES string of the molecule is C=C(Br)CNC(C)CCc1cccc(C)c1. The molecule has 0 heterocycles. The molecular weight excluding hydrogens is 262 g/mol. The van der Waals surface area contributed by atoms with Crippen LogP contribution in [0.4, 0.5) is 0 Å². The monoisotopic (exact) mass is 281 g/mol. The smallest absolute Gasteiger partial charge is 0.0268 e. The highest BCUT2D eigenvalue weighted by Gasteiger charge is 2.02. The Morgan fingerprint density at radius 2 is 2.25 bits per heavy atom. The number of nitrogens with one attached hydrogen (secondary N) is 1. The zero-order valence-electron chi connectivity index (χ0n) is 10.1. The van der Waals surface area contributed by atoms with E-state index >= 15 is 0 Å². The first-order chi connectivity index (χ1) is 7.58. The van der Waals surface area contributed by atoms with Crippen molar-refractivity contribution >= 4 is 15.9 Å². The summed E-state index contributed by atoms with van der Waals surface area (Å²) in [6.45, 7) is 9.01. The number of hydrogen-bond acceptors (Lipinski definition) is 1. The maximum absolute atomic E-state index is 3.81. The minimum Gasteiger partial charge on any atom is -0.310 e. The molecule has 88 valence electrons. The number of hydrogen-bond donors (Lipinski definition) is 1. The molecule has 0 spiro atoms. The van der Waals surface area contributed by atoms with Crippen LogP contribution in [0.1, 0.15) is 24.5 Å². The number of rotatable bonds is 6. The Balaban J connectivity index is 2.31. The van der Waals surface area contributed by atoms with Gasteiger partial charge in [0.1, 0.15) is 0 Å². The summed E-state index contributed by atoms with van der Waals surface area (Å²) in [6, 6.07) is 9.25. The van der Waals surface area contributed by atoms with E-state index in [1.807, 2.05) is 0 Å². The van der Waals surface area contributed by atoms with E-state index in [-0.39, 0.29) is 0 Å². The van der Waals surface area contributed by atoms with Crippen molar-refractivity contribution in [3.05, 3.63) is 46.5 Å². The van der Waals surface area contributed by atoms with Crippen molar-refractivity contribution in [2.75, 3.05) is 6.54 Å². The number of benzene rings is 1. The summed E-state index contributed by atoms with van der Waals surface area (Å²) in [5, 5.41) is 3.42. The summed E-state index contributed by atoms with van der Waals surface area (Å²) in [7, 11) is 0. The lowest BCUT2D eigenvalue weighted by molar-refractivity contribution is 0.542. The molecule has 1 nitrogen and oxygen atoms in total. The van der Waals surface area contributed by atoms with E-state index in [0.29, 0.717) is 6.04 Å². The van der Waals surface area contributed by atoms with Crippen LogP contribution in [-0.4, -0.2) is 12.6 Å². The van der Waals surface area contributed by atoms with Crippen LogP contribution in [0.25, 0.3) is 0 Å². The zero-order valence-corrected chi connectivity index (χ0v) is 11.7. The molecule has 0 radical (unpaired) electrons. The third-order valence-corrected chi connectivity index (χ3v) is 2.87. The van der Waals surface area contributed by atoms with E-state index in [1.54, 1.807) is 0 Å². The lowest BCUT2D eigenvalue weighted by Crippen LogP contribution is -2.27. The molecule has 0 fully saturated rings. The molecule has 1 aromatic rings. The number of halogens is 1. The van der Waals surface area contributed by atoms with E-state index in [2.05, 4.69) is 65.9 Å². The highest BCUT2D eigenvalue weighted by atomic mass is 79.9. The van der Waals surface area contributed by atoms with Crippen molar-refractivity contribution < 1.29 is 0 Å². The van der Waals surface area contributed by atoms with Gasteiger partial charge in [-0.1, -0.05) is 52.3 Å². The Morgan fingerprint density at radius 3 is 2.88 bits per heavy atom. The summed E-state index contributed by atoms with van der Waals surface area (Å²) in [5.41, 5.74) is 2.76. The summed E-state index contributed by atoms with van der Waals surface area (Å²) in [4.78, 5) is 0. The molecule has 0 aromatic heterocycles. The van der Waals surface area contributed by atoms with Gasteiger partial charge in [0, 0.05) is 17.1 Å². The Labute approximate surface area is 107 Å². The molecule has 0 aliphatic heterocycles. The Hall–Kier alpha value is -0.600. The normalized spacial score (nSPS) is 12.4. The standard InChI is InChI=1S/C14H20BrN/c1-11-5-4-6-14(9-11)8-7-13(3)16-10-12(2)15/h4-6,9,13,16H,2,7-8,10H2,1,3H3. The zero-order chi connectivity index (χ0) is 12.0. The minimum atomic E-state index is 0.523. The first kappa shape index (κ1) is 13.5. The van der Waals surface area contributed by atoms with Gasteiger partial charge in [0.2, 0.25) is 0 Å². The fourth-order valence-corrected chi connectivity index (χ4v) is 1.80. The highest BCUT2D eigenvalue weighted by Crippen LogP contribution is 2.08. The van der Waals surface area contributed by atoms with Gasteiger partial charge >= 0.3 is 0 Å². The second-order valence-electron chi connectivity index (χ2n) is 4.33. The van der Waals surface area contributed by atoms with E-state index < -0.39 is 0 Å². The fraction of sp³-hybridized carbons (Fsp3) is 0.429. The summed E-state index contributed by atoms with van der Waals surface area (Å²) < 4.78 is 1.01. The molecule has 0 aliphatic carbocycles. The molecule has 0 aliphatic rings. The van der Waals surface area contributed by atoms with Crippen molar-refractivity contribution in [3.8, 4) is 0 Å². The average Bonchev–Trinajstić information content (AvgIpc) is 2.23. The predicted octanol–water partition coefficient (Wildman–Crippen LogP) is 3.81. The minimum absolute atomic E-state index is 0.523. The topological polar surface area (TPSA) is 12.0 Å². The molecule has 1 atom stereocenters. The quantitative estimate of drug-likeness (QED) is 0.836. The van der Waals surface area contributed by atoms with Gasteiger partial charge in [-0.2, -0.15) is 0 Å². The molecule has 2 heteroatoms. The third kappa shape index (κ3) is 5.47. The van der Waals surface area contributed by atoms with Crippen molar-refractivity contribution in [1.29, 1.82) is 0 Å². The highest BCUT2D eigenvalue weighted by molar-refractivity contribution is 9.11. The first-order valence-corrected chi connectivity index (χ1v) is 6.49. The molecule has 1 unspecified atom stereocenters. The van der Waals surface area contributed by atoms with Crippen LogP contribution in [0.2, 0.25) is 0 Å². The van der Waals surface area contributed by atoms with Gasteiger partial charge in [-0.25, -0.2) is 0 Å². The van der Waals surface area contributed by atoms with Crippen LogP contribution in [0.3, 0.4) is 0 Å². The number of aryl methyl sites for hydroxylation is 2. The molecular formula is C14H20BrN. The van der Waals surface area contributed by atoms with Gasteiger partial charge < -0.3 is 5.32 Å². The maximum atomic E-state index is 3.81. The Bertz CT molecular complexity index is 346. The van der Waals surface area contributed by atoms with Gasteiger partial charge in [-0.3, -0.25) is 0 Å². The van der Waals surface area contributed by atoms with E-state index in [4.69, 9.17) is 0 Å². The van der Waals surface area contributed by atoms with Gasteiger partial charge in [0.15, 0.2) is 0 Å². The van der Waals surface area contributed by atoms with E-state index in [0.717, 1.165) is 23.9 Å². The average molecular weight is 282 g/mol. The second kappa shape index (κ2) is 6.87. The molecule has 1 N–H and O–H groups in total. The maximum Gasteiger partial charge on any atom is 0.0268 e. The Morgan fingerprint density at radius 1 is 1.50 bits per heavy atom. The summed E-state index contributed by atoms with van der Waals surface area (Å²) in [6.07, 6.45) is 2.29. The fourth-order valence-electron chi connectivity index (χ4n) is 1.64. The van der Waals surface area contributed by atoms with Gasteiger partial charge in [0.25, 0.3) is 0 Å². The van der Waals surface area contributed by atoms with Crippen molar-refractivity contribution in [2.24, 2.45) is 0 Å². The lowest BCUT2D eigenvalue weighted by Gasteiger charge is -2.13. The van der Waals surface area contributed by atoms with Crippen LogP contribution < -0.4 is 5.32 Å². The van der Waals surface area contributed by atoms with Crippen molar-refractivity contribution in [1.82, 2.24) is 5.32 Å². The summed E-state index contributed by atoms with van der Waals surface area (Å²) in [5.74, 6) is 0. The largest absolute Gasteiger partial charge is 0.310 e. The summed E-state index contributed by atoms with van der Waals surface area (Å²) >= 11 is 3.35. The molecule has 1 aromatic carbocycles. The molecule has 16 heavy (non-hydrogen) atoms. The van der Waals surface area contributed by atoms with E-state index in [9.17, 15) is 0 Å². The van der Waals surface area contributed by atoms with Crippen molar-refractivity contribution in [2.45, 2.75) is 32.7 Å². The van der Waals surface area contributed by atoms with Gasteiger partial charge in [-0.15, -0.1) is 0 Å². The van der Waals surface area contributed by atoms with Crippen LogP contribution in [-0.2, 0) is 6.42 Å². The first-order valence-electron chi connectivity index (χ1n) is 5.70. The van der Waals surface area contributed by atoms with Gasteiger partial charge in [-0.05, 0) is 32.3 Å². The Kier molecular flexibility index (Phi) is 5.78.